The van der Waals surface area contributed by atoms with Gasteiger partial charge in [-0.1, -0.05) is 6.08 Å². The molecule has 1 heterocycles. The zero-order valence-electron chi connectivity index (χ0n) is 8.18. The first-order chi connectivity index (χ1) is 6.09. The van der Waals surface area contributed by atoms with Crippen molar-refractivity contribution in [1.29, 1.82) is 0 Å². The van der Waals surface area contributed by atoms with Crippen molar-refractivity contribution in [2.24, 2.45) is 0 Å². The number of piperazine rings is 1. The van der Waals surface area contributed by atoms with Gasteiger partial charge in [0.2, 0.25) is 5.91 Å². The topological polar surface area (TPSA) is 41.1 Å². The van der Waals surface area contributed by atoms with E-state index < -0.39 is 5.54 Å². The monoisotopic (exact) mass is 180 g/mol. The summed E-state index contributed by atoms with van der Waals surface area (Å²) in [6.45, 7) is 3.85. The lowest BCUT2D eigenvalue weighted by molar-refractivity contribution is -0.127. The van der Waals surface area contributed by atoms with Crippen LogP contribution in [0, 0.1) is 0 Å². The van der Waals surface area contributed by atoms with Crippen LogP contribution in [0.5, 0.6) is 0 Å². The highest BCUT2D eigenvalue weighted by Gasteiger charge is 2.37. The predicted octanol–water partition coefficient (Wildman–Crippen LogP) is 0.921. The molecule has 0 aromatic carbocycles. The van der Waals surface area contributed by atoms with Crippen molar-refractivity contribution in [1.82, 2.24) is 10.6 Å². The molecular weight excluding hydrogens is 164 g/mol. The molecule has 1 atom stereocenters. The van der Waals surface area contributed by atoms with E-state index in [0.717, 1.165) is 18.5 Å². The Morgan fingerprint density at radius 2 is 2.31 bits per heavy atom. The van der Waals surface area contributed by atoms with E-state index in [1.165, 1.54) is 6.42 Å². The molecule has 0 radical (unpaired) electrons. The molecule has 0 saturated carbocycles. The second-order valence-corrected chi connectivity index (χ2v) is 4.37. The Labute approximate surface area is 78.6 Å². The summed E-state index contributed by atoms with van der Waals surface area (Å²) in [6.07, 6.45) is 5.57. The van der Waals surface area contributed by atoms with Gasteiger partial charge in [0.1, 0.15) is 0 Å². The maximum Gasteiger partial charge on any atom is 0.243 e. The first-order valence-corrected chi connectivity index (χ1v) is 4.89. The number of carbonyl (C=O) groups excluding carboxylic acids is 1. The molecule has 13 heavy (non-hydrogen) atoms. The minimum Gasteiger partial charge on any atom is -0.327 e. The Morgan fingerprint density at radius 3 is 3.08 bits per heavy atom. The van der Waals surface area contributed by atoms with Crippen molar-refractivity contribution in [3.8, 4) is 0 Å². The van der Waals surface area contributed by atoms with Crippen LogP contribution in [-0.2, 0) is 4.79 Å². The van der Waals surface area contributed by atoms with E-state index in [4.69, 9.17) is 0 Å². The summed E-state index contributed by atoms with van der Waals surface area (Å²) in [5.41, 5.74) is 0.662. The highest BCUT2D eigenvalue weighted by molar-refractivity contribution is 5.88. The molecule has 72 valence electrons. The second-order valence-electron chi connectivity index (χ2n) is 4.37. The van der Waals surface area contributed by atoms with Gasteiger partial charge in [-0.25, -0.2) is 0 Å². The Morgan fingerprint density at radius 1 is 1.54 bits per heavy atom. The van der Waals surface area contributed by atoms with Crippen molar-refractivity contribution in [2.75, 3.05) is 0 Å². The fraction of sp³-hybridized carbons (Fsp3) is 0.700. The molecule has 0 unspecified atom stereocenters. The van der Waals surface area contributed by atoms with Crippen LogP contribution in [0.1, 0.15) is 33.1 Å². The number of hydrogen-bond acceptors (Lipinski definition) is 2. The van der Waals surface area contributed by atoms with Crippen LogP contribution in [0.25, 0.3) is 0 Å². The Kier molecular flexibility index (Phi) is 1.91. The maximum absolute atomic E-state index is 11.6. The minimum absolute atomic E-state index is 0.0805. The molecular formula is C10H16N2O. The summed E-state index contributed by atoms with van der Waals surface area (Å²) in [5.74, 6) is 0.0805. The molecule has 0 aromatic heterocycles. The van der Waals surface area contributed by atoms with Crippen molar-refractivity contribution in [2.45, 2.75) is 44.7 Å². The summed E-state index contributed by atoms with van der Waals surface area (Å²) in [5, 5.41) is 6.33. The van der Waals surface area contributed by atoms with Crippen LogP contribution >= 0.6 is 0 Å². The van der Waals surface area contributed by atoms with Crippen molar-refractivity contribution >= 4 is 5.91 Å². The summed E-state index contributed by atoms with van der Waals surface area (Å²) in [6, 6.07) is 0.362. The van der Waals surface area contributed by atoms with Gasteiger partial charge in [-0.3, -0.25) is 10.1 Å². The van der Waals surface area contributed by atoms with Gasteiger partial charge in [-0.2, -0.15) is 0 Å². The number of fused-ring (bicyclic) bond motifs is 1. The molecule has 2 aliphatic rings. The minimum atomic E-state index is -0.417. The van der Waals surface area contributed by atoms with E-state index in [0.29, 0.717) is 6.04 Å². The normalized spacial score (nSPS) is 31.7. The molecule has 2 N–H and O–H groups in total. The first-order valence-electron chi connectivity index (χ1n) is 4.89. The summed E-state index contributed by atoms with van der Waals surface area (Å²) >= 11 is 0. The number of rotatable bonds is 0. The number of hydrogen-bond donors (Lipinski definition) is 2. The molecule has 2 rings (SSSR count). The molecule has 1 aliphatic heterocycles. The average molecular weight is 180 g/mol. The lowest BCUT2D eigenvalue weighted by atomic mass is 9.91. The molecule has 0 spiro atoms. The fourth-order valence-electron chi connectivity index (χ4n) is 1.95. The van der Waals surface area contributed by atoms with E-state index >= 15 is 0 Å². The van der Waals surface area contributed by atoms with Crippen LogP contribution in [-0.4, -0.2) is 17.5 Å². The molecule has 1 amide bonds. The van der Waals surface area contributed by atoms with E-state index in [-0.39, 0.29) is 5.91 Å². The quantitative estimate of drug-likeness (QED) is 0.582. The maximum atomic E-state index is 11.6. The van der Waals surface area contributed by atoms with Gasteiger partial charge in [0.15, 0.2) is 0 Å². The largest absolute Gasteiger partial charge is 0.327 e. The second kappa shape index (κ2) is 2.84. The molecule has 1 aliphatic carbocycles. The Hall–Kier alpha value is -0.830. The van der Waals surface area contributed by atoms with Gasteiger partial charge in [0, 0.05) is 11.7 Å². The number of nitrogens with one attached hydrogen (secondary N) is 2. The highest BCUT2D eigenvalue weighted by atomic mass is 16.2. The summed E-state index contributed by atoms with van der Waals surface area (Å²) in [4.78, 5) is 11.6. The zero-order valence-corrected chi connectivity index (χ0v) is 8.18. The highest BCUT2D eigenvalue weighted by Crippen LogP contribution is 2.23. The molecule has 0 aromatic rings. The SMILES string of the molecule is CC1(C)N[C@H]2CCCC=C2NC1=O. The standard InChI is InChI=1S/C10H16N2O/c1-10(2)9(13)11-7-5-3-4-6-8(7)12-10/h5,8,12H,3-4,6H2,1-2H3,(H,11,13)/t8-/m0/s1. The van der Waals surface area contributed by atoms with Crippen LogP contribution in [0.2, 0.25) is 0 Å². The zero-order chi connectivity index (χ0) is 9.47. The lowest BCUT2D eigenvalue weighted by Gasteiger charge is -2.39. The van der Waals surface area contributed by atoms with Crippen molar-refractivity contribution in [3.05, 3.63) is 11.8 Å². The third kappa shape index (κ3) is 1.48. The van der Waals surface area contributed by atoms with E-state index in [1.54, 1.807) is 0 Å². The third-order valence-electron chi connectivity index (χ3n) is 2.80. The lowest BCUT2D eigenvalue weighted by Crippen LogP contribution is -2.63. The van der Waals surface area contributed by atoms with Gasteiger partial charge in [-0.05, 0) is 33.1 Å². The predicted molar refractivity (Wildman–Crippen MR) is 51.1 cm³/mol. The van der Waals surface area contributed by atoms with Gasteiger partial charge < -0.3 is 5.32 Å². The fourth-order valence-corrected chi connectivity index (χ4v) is 1.95. The molecule has 1 fully saturated rings. The number of amides is 1. The van der Waals surface area contributed by atoms with E-state index in [1.807, 2.05) is 13.8 Å². The number of carbonyl (C=O) groups is 1. The average Bonchev–Trinajstić information content (AvgIpc) is 2.06. The first kappa shape index (κ1) is 8.75. The van der Waals surface area contributed by atoms with Gasteiger partial charge >= 0.3 is 0 Å². The van der Waals surface area contributed by atoms with Crippen LogP contribution < -0.4 is 10.6 Å². The molecule has 3 heteroatoms. The summed E-state index contributed by atoms with van der Waals surface area (Å²) < 4.78 is 0. The van der Waals surface area contributed by atoms with Gasteiger partial charge in [0.25, 0.3) is 0 Å². The smallest absolute Gasteiger partial charge is 0.243 e. The van der Waals surface area contributed by atoms with Crippen molar-refractivity contribution in [3.63, 3.8) is 0 Å². The Balaban J connectivity index is 2.21. The Bertz CT molecular complexity index is 268. The van der Waals surface area contributed by atoms with Gasteiger partial charge in [-0.15, -0.1) is 0 Å². The molecule has 0 bridgehead atoms. The van der Waals surface area contributed by atoms with E-state index in [2.05, 4.69) is 16.7 Å². The van der Waals surface area contributed by atoms with Crippen molar-refractivity contribution < 1.29 is 4.79 Å². The van der Waals surface area contributed by atoms with E-state index in [9.17, 15) is 4.79 Å². The van der Waals surface area contributed by atoms with Crippen LogP contribution in [0.3, 0.4) is 0 Å². The van der Waals surface area contributed by atoms with Gasteiger partial charge in [0.05, 0.1) is 5.54 Å². The third-order valence-corrected chi connectivity index (χ3v) is 2.80. The number of allylic oxidation sites excluding steroid dienone is 1. The van der Waals surface area contributed by atoms with Crippen LogP contribution in [0.4, 0.5) is 0 Å². The molecule has 1 saturated heterocycles. The summed E-state index contributed by atoms with van der Waals surface area (Å²) in [7, 11) is 0. The molecule has 3 nitrogen and oxygen atoms in total. The van der Waals surface area contributed by atoms with Crippen LogP contribution in [0.15, 0.2) is 11.8 Å².